The number of ether oxygens (including phenoxy) is 3. The smallest absolute Gasteiger partial charge is 0.257 e. The summed E-state index contributed by atoms with van der Waals surface area (Å²) in [6.45, 7) is 6.50. The van der Waals surface area contributed by atoms with Crippen molar-refractivity contribution in [2.45, 2.75) is 91.0 Å². The summed E-state index contributed by atoms with van der Waals surface area (Å²) < 4.78 is 19.2. The fraction of sp³-hybridized carbons (Fsp3) is 0.600. The minimum Gasteiger partial charge on any atom is -0.493 e. The van der Waals surface area contributed by atoms with Crippen molar-refractivity contribution in [2.75, 3.05) is 26.9 Å². The third-order valence-electron chi connectivity index (χ3n) is 6.28. The maximum Gasteiger partial charge on any atom is 0.257 e. The topological polar surface area (TPSA) is 60.7 Å². The molecule has 0 atom stereocenters. The Bertz CT molecular complexity index is 872. The van der Waals surface area contributed by atoms with Gasteiger partial charge in [0.2, 0.25) is 0 Å². The summed E-state index contributed by atoms with van der Waals surface area (Å²) in [4.78, 5) is 12.2. The number of nitrogens with one attached hydrogen (secondary N) is 1. The minimum absolute atomic E-state index is 0.0566. The van der Waals surface area contributed by atoms with E-state index < -0.39 is 0 Å². The number of unbranched alkanes of at least 4 members (excludes halogenated alkanes) is 9. The van der Waals surface area contributed by atoms with Gasteiger partial charge >= 0.3 is 0 Å². The summed E-state index contributed by atoms with van der Waals surface area (Å²) in [6, 6.07) is 9.58. The molecule has 2 aromatic rings. The second kappa shape index (κ2) is 18.5. The van der Waals surface area contributed by atoms with Crippen molar-refractivity contribution in [3.63, 3.8) is 0 Å². The van der Waals surface area contributed by atoms with Gasteiger partial charge in [0.05, 0.1) is 13.7 Å². The first kappa shape index (κ1) is 29.5. The van der Waals surface area contributed by atoms with Crippen LogP contribution in [0.5, 0.6) is 17.2 Å². The molecule has 0 saturated carbocycles. The number of pyridine rings is 1. The number of hydrogen-bond donors (Lipinski definition) is 1. The van der Waals surface area contributed by atoms with E-state index in [1.165, 1.54) is 63.4 Å². The Balaban J connectivity index is 1.61. The number of rotatable bonds is 20. The van der Waals surface area contributed by atoms with E-state index in [0.29, 0.717) is 24.7 Å². The lowest BCUT2D eigenvalue weighted by molar-refractivity contribution is -0.694. The molecular weight excluding hydrogens is 452 g/mol. The SMILES string of the molecule is CCCCCCCCCCCCOc1ccc(OCC(=O)NCCc2ccc[n+](CC)c2)c(OC)c1. The molecule has 0 bridgehead atoms. The van der Waals surface area contributed by atoms with Gasteiger partial charge in [0.25, 0.3) is 5.91 Å². The lowest BCUT2D eigenvalue weighted by Crippen LogP contribution is -2.33. The quantitative estimate of drug-likeness (QED) is 0.178. The van der Waals surface area contributed by atoms with Crippen LogP contribution in [0.4, 0.5) is 0 Å². The van der Waals surface area contributed by atoms with Crippen molar-refractivity contribution < 1.29 is 23.6 Å². The number of benzene rings is 1. The van der Waals surface area contributed by atoms with Crippen molar-refractivity contribution in [1.82, 2.24) is 5.32 Å². The van der Waals surface area contributed by atoms with Gasteiger partial charge in [-0.15, -0.1) is 0 Å². The van der Waals surface area contributed by atoms with Crippen LogP contribution in [-0.4, -0.2) is 32.8 Å². The van der Waals surface area contributed by atoms with Gasteiger partial charge in [-0.2, -0.15) is 0 Å². The van der Waals surface area contributed by atoms with Gasteiger partial charge in [0.1, 0.15) is 12.3 Å². The van der Waals surface area contributed by atoms with Crippen LogP contribution in [0, 0.1) is 0 Å². The molecule has 1 heterocycles. The standard InChI is InChI=1S/C30H46N2O4/c1-4-6-7-8-9-10-11-12-13-14-22-35-27-17-18-28(29(23-27)34-3)36-25-30(33)31-20-19-26-16-15-21-32(5-2)24-26/h15-18,21,23-24H,4-14,19-20,22,25H2,1-3H3/p+1. The highest BCUT2D eigenvalue weighted by Crippen LogP contribution is 2.31. The van der Waals surface area contributed by atoms with Crippen LogP contribution in [-0.2, 0) is 17.8 Å². The number of nitrogens with zero attached hydrogens (tertiary/aromatic N) is 1. The fourth-order valence-electron chi connectivity index (χ4n) is 4.10. The molecule has 0 aliphatic rings. The van der Waals surface area contributed by atoms with Gasteiger partial charge in [0, 0.05) is 24.2 Å². The summed E-state index contributed by atoms with van der Waals surface area (Å²) in [5, 5.41) is 2.91. The highest BCUT2D eigenvalue weighted by atomic mass is 16.5. The summed E-state index contributed by atoms with van der Waals surface area (Å²) >= 11 is 0. The second-order valence-corrected chi connectivity index (χ2v) is 9.27. The molecule has 200 valence electrons. The van der Waals surface area contributed by atoms with Crippen LogP contribution in [0.25, 0.3) is 0 Å². The van der Waals surface area contributed by atoms with E-state index in [9.17, 15) is 4.79 Å². The molecule has 0 aliphatic carbocycles. The van der Waals surface area contributed by atoms with E-state index in [-0.39, 0.29) is 12.5 Å². The Morgan fingerprint density at radius 1 is 0.889 bits per heavy atom. The molecule has 0 aliphatic heterocycles. The molecule has 2 rings (SSSR count). The average Bonchev–Trinajstić information content (AvgIpc) is 2.91. The zero-order chi connectivity index (χ0) is 25.8. The van der Waals surface area contributed by atoms with E-state index in [0.717, 1.165) is 25.1 Å². The van der Waals surface area contributed by atoms with Gasteiger partial charge in [-0.1, -0.05) is 64.7 Å². The summed E-state index contributed by atoms with van der Waals surface area (Å²) in [5.41, 5.74) is 1.19. The molecule has 0 spiro atoms. The first-order valence-electron chi connectivity index (χ1n) is 13.8. The van der Waals surface area contributed by atoms with Crippen LogP contribution < -0.4 is 24.1 Å². The number of methoxy groups -OCH3 is 1. The maximum absolute atomic E-state index is 12.2. The van der Waals surface area contributed by atoms with E-state index in [4.69, 9.17) is 14.2 Å². The molecular formula is C30H47N2O4+. The Morgan fingerprint density at radius 3 is 2.31 bits per heavy atom. The summed E-state index contributed by atoms with van der Waals surface area (Å²) in [5.74, 6) is 1.70. The highest BCUT2D eigenvalue weighted by Gasteiger charge is 2.10. The van der Waals surface area contributed by atoms with Crippen LogP contribution in [0.2, 0.25) is 0 Å². The first-order valence-corrected chi connectivity index (χ1v) is 13.8. The van der Waals surface area contributed by atoms with Crippen molar-refractivity contribution >= 4 is 5.91 Å². The lowest BCUT2D eigenvalue weighted by Gasteiger charge is -2.13. The molecule has 1 aromatic heterocycles. The second-order valence-electron chi connectivity index (χ2n) is 9.27. The molecule has 6 heteroatoms. The Kier molecular flexibility index (Phi) is 15.1. The molecule has 36 heavy (non-hydrogen) atoms. The molecule has 0 saturated heterocycles. The van der Waals surface area contributed by atoms with E-state index in [1.54, 1.807) is 13.2 Å². The number of aryl methyl sites for hydroxylation is 1. The van der Waals surface area contributed by atoms with E-state index in [1.807, 2.05) is 24.4 Å². The molecule has 1 aromatic carbocycles. The van der Waals surface area contributed by atoms with Crippen LogP contribution in [0.15, 0.2) is 42.7 Å². The largest absolute Gasteiger partial charge is 0.493 e. The third kappa shape index (κ3) is 12.3. The zero-order valence-corrected chi connectivity index (χ0v) is 22.7. The number of carbonyl (C=O) groups is 1. The summed E-state index contributed by atoms with van der Waals surface area (Å²) in [7, 11) is 1.59. The van der Waals surface area contributed by atoms with Gasteiger partial charge in [-0.3, -0.25) is 4.79 Å². The Morgan fingerprint density at radius 2 is 1.61 bits per heavy atom. The zero-order valence-electron chi connectivity index (χ0n) is 22.7. The number of hydrogen-bond acceptors (Lipinski definition) is 4. The van der Waals surface area contributed by atoms with Crippen molar-refractivity contribution in [2.24, 2.45) is 0 Å². The van der Waals surface area contributed by atoms with E-state index in [2.05, 4.69) is 36.0 Å². The van der Waals surface area contributed by atoms with Crippen molar-refractivity contribution in [3.05, 3.63) is 48.3 Å². The van der Waals surface area contributed by atoms with Gasteiger partial charge < -0.3 is 19.5 Å². The van der Waals surface area contributed by atoms with Gasteiger partial charge in [-0.25, -0.2) is 4.57 Å². The molecule has 0 unspecified atom stereocenters. The van der Waals surface area contributed by atoms with Gasteiger partial charge in [0.15, 0.2) is 30.5 Å². The van der Waals surface area contributed by atoms with Gasteiger partial charge in [-0.05, 0) is 38.0 Å². The fourth-order valence-corrected chi connectivity index (χ4v) is 4.10. The monoisotopic (exact) mass is 499 g/mol. The third-order valence-corrected chi connectivity index (χ3v) is 6.28. The normalized spacial score (nSPS) is 10.8. The van der Waals surface area contributed by atoms with E-state index >= 15 is 0 Å². The summed E-state index contributed by atoms with van der Waals surface area (Å²) in [6.07, 6.45) is 18.0. The molecule has 0 fully saturated rings. The van der Waals surface area contributed by atoms with Crippen molar-refractivity contribution in [3.8, 4) is 17.2 Å². The number of aromatic nitrogens is 1. The van der Waals surface area contributed by atoms with Crippen molar-refractivity contribution in [1.29, 1.82) is 0 Å². The van der Waals surface area contributed by atoms with Crippen LogP contribution in [0.1, 0.15) is 83.6 Å². The predicted octanol–water partition coefficient (Wildman–Crippen LogP) is 6.04. The number of amides is 1. The average molecular weight is 500 g/mol. The maximum atomic E-state index is 12.2. The molecule has 0 radical (unpaired) electrons. The molecule has 1 amide bonds. The lowest BCUT2D eigenvalue weighted by atomic mass is 10.1. The molecule has 6 nitrogen and oxygen atoms in total. The minimum atomic E-state index is -0.155. The van der Waals surface area contributed by atoms with Crippen LogP contribution >= 0.6 is 0 Å². The number of carbonyl (C=O) groups excluding carboxylic acids is 1. The first-order chi connectivity index (χ1) is 17.7. The van der Waals surface area contributed by atoms with Crippen LogP contribution in [0.3, 0.4) is 0 Å². The predicted molar refractivity (Wildman–Crippen MR) is 145 cm³/mol. The Labute approximate surface area is 218 Å². The molecule has 1 N–H and O–H groups in total. The Hall–Kier alpha value is -2.76. The highest BCUT2D eigenvalue weighted by molar-refractivity contribution is 5.77.